The molecule has 1 aromatic carbocycles. The number of aromatic nitrogens is 2. The number of nitrogen functional groups attached to an aromatic ring is 1. The van der Waals surface area contributed by atoms with E-state index in [4.69, 9.17) is 5.73 Å². The summed E-state index contributed by atoms with van der Waals surface area (Å²) in [6.07, 6.45) is 0. The van der Waals surface area contributed by atoms with Crippen LogP contribution in [0.5, 0.6) is 0 Å². The van der Waals surface area contributed by atoms with E-state index in [1.807, 2.05) is 28.8 Å². The first-order valence-electron chi connectivity index (χ1n) is 4.88. The SMILES string of the molecule is Nc1nc2ccccc2n1C1=NCCN1. The molecule has 0 atom stereocenters. The number of nitrogens with one attached hydrogen (secondary N) is 1. The summed E-state index contributed by atoms with van der Waals surface area (Å²) in [6, 6.07) is 7.84. The molecule has 0 fully saturated rings. The maximum Gasteiger partial charge on any atom is 0.208 e. The molecule has 5 nitrogen and oxygen atoms in total. The van der Waals surface area contributed by atoms with Gasteiger partial charge >= 0.3 is 0 Å². The quantitative estimate of drug-likeness (QED) is 0.649. The Balaban J connectivity index is 2.28. The van der Waals surface area contributed by atoms with Crippen LogP contribution in [0, 0.1) is 0 Å². The first-order chi connectivity index (χ1) is 7.36. The molecule has 2 aromatic rings. The van der Waals surface area contributed by atoms with Gasteiger partial charge in [0.2, 0.25) is 11.9 Å². The molecule has 0 spiro atoms. The van der Waals surface area contributed by atoms with E-state index in [1.54, 1.807) is 0 Å². The van der Waals surface area contributed by atoms with Gasteiger partial charge in [0.1, 0.15) is 0 Å². The lowest BCUT2D eigenvalue weighted by Gasteiger charge is -2.05. The van der Waals surface area contributed by atoms with E-state index in [0.29, 0.717) is 5.95 Å². The van der Waals surface area contributed by atoms with Crippen LogP contribution in [0.3, 0.4) is 0 Å². The van der Waals surface area contributed by atoms with Gasteiger partial charge in [0.05, 0.1) is 17.6 Å². The predicted octanol–water partition coefficient (Wildman–Crippen LogP) is 0.426. The molecular weight excluding hydrogens is 190 g/mol. The lowest BCUT2D eigenvalue weighted by molar-refractivity contribution is 0.944. The van der Waals surface area contributed by atoms with Gasteiger partial charge in [-0.15, -0.1) is 0 Å². The Morgan fingerprint density at radius 2 is 2.20 bits per heavy atom. The largest absolute Gasteiger partial charge is 0.369 e. The molecule has 5 heteroatoms. The van der Waals surface area contributed by atoms with Gasteiger partial charge in [0.25, 0.3) is 0 Å². The van der Waals surface area contributed by atoms with Crippen LogP contribution >= 0.6 is 0 Å². The van der Waals surface area contributed by atoms with Gasteiger partial charge in [-0.05, 0) is 12.1 Å². The standard InChI is InChI=1S/C10H11N5/c11-9-14-7-3-1-2-4-8(7)15(9)10-12-5-6-13-10/h1-4H,5-6H2,(H2,11,14)(H,12,13). The monoisotopic (exact) mass is 201 g/mol. The number of aliphatic imine (C=N–C) groups is 1. The molecule has 0 aliphatic carbocycles. The zero-order valence-electron chi connectivity index (χ0n) is 8.14. The molecule has 0 saturated heterocycles. The van der Waals surface area contributed by atoms with Gasteiger partial charge in [-0.3, -0.25) is 4.99 Å². The Bertz CT molecular complexity index is 540. The smallest absolute Gasteiger partial charge is 0.208 e. The fraction of sp³-hybridized carbons (Fsp3) is 0.200. The summed E-state index contributed by atoms with van der Waals surface area (Å²) in [5, 5.41) is 3.18. The Hall–Kier alpha value is -2.04. The minimum absolute atomic E-state index is 0.476. The summed E-state index contributed by atoms with van der Waals surface area (Å²) >= 11 is 0. The van der Waals surface area contributed by atoms with Crippen LogP contribution in [0.1, 0.15) is 0 Å². The van der Waals surface area contributed by atoms with Crippen LogP contribution < -0.4 is 11.1 Å². The van der Waals surface area contributed by atoms with Gasteiger partial charge in [-0.2, -0.15) is 0 Å². The van der Waals surface area contributed by atoms with Gasteiger partial charge in [0, 0.05) is 6.54 Å². The molecule has 76 valence electrons. The van der Waals surface area contributed by atoms with Crippen molar-refractivity contribution in [3.63, 3.8) is 0 Å². The molecule has 3 N–H and O–H groups in total. The van der Waals surface area contributed by atoms with E-state index in [9.17, 15) is 0 Å². The lowest BCUT2D eigenvalue weighted by Crippen LogP contribution is -2.27. The number of nitrogens with two attached hydrogens (primary N) is 1. The molecule has 2 heterocycles. The third kappa shape index (κ3) is 1.16. The summed E-state index contributed by atoms with van der Waals surface area (Å²) in [4.78, 5) is 8.62. The molecule has 1 aliphatic heterocycles. The van der Waals surface area contributed by atoms with E-state index >= 15 is 0 Å². The van der Waals surface area contributed by atoms with Crippen molar-refractivity contribution in [2.75, 3.05) is 18.8 Å². The zero-order chi connectivity index (χ0) is 10.3. The van der Waals surface area contributed by atoms with Crippen LogP contribution in [0.2, 0.25) is 0 Å². The average Bonchev–Trinajstić information content (AvgIpc) is 2.82. The highest BCUT2D eigenvalue weighted by molar-refractivity contribution is 5.95. The predicted molar refractivity (Wildman–Crippen MR) is 59.8 cm³/mol. The molecule has 0 amide bonds. The number of imidazole rings is 1. The summed E-state index contributed by atoms with van der Waals surface area (Å²) in [5.41, 5.74) is 7.75. The molecular formula is C10H11N5. The summed E-state index contributed by atoms with van der Waals surface area (Å²) in [6.45, 7) is 1.66. The topological polar surface area (TPSA) is 68.2 Å². The van der Waals surface area contributed by atoms with Crippen molar-refractivity contribution in [1.29, 1.82) is 0 Å². The number of rotatable bonds is 0. The molecule has 15 heavy (non-hydrogen) atoms. The van der Waals surface area contributed by atoms with Crippen LogP contribution in [-0.4, -0.2) is 28.6 Å². The lowest BCUT2D eigenvalue weighted by atomic mass is 10.3. The van der Waals surface area contributed by atoms with Gasteiger partial charge in [-0.1, -0.05) is 12.1 Å². The second-order valence-corrected chi connectivity index (χ2v) is 3.43. The van der Waals surface area contributed by atoms with E-state index < -0.39 is 0 Å². The minimum Gasteiger partial charge on any atom is -0.369 e. The van der Waals surface area contributed by atoms with Gasteiger partial charge in [0.15, 0.2) is 0 Å². The zero-order valence-corrected chi connectivity index (χ0v) is 8.14. The number of hydrogen-bond acceptors (Lipinski definition) is 4. The van der Waals surface area contributed by atoms with Crippen molar-refractivity contribution in [2.45, 2.75) is 0 Å². The van der Waals surface area contributed by atoms with Gasteiger partial charge < -0.3 is 11.1 Å². The second-order valence-electron chi connectivity index (χ2n) is 3.43. The molecule has 1 aliphatic rings. The maximum absolute atomic E-state index is 5.86. The third-order valence-corrected chi connectivity index (χ3v) is 2.46. The number of nitrogens with zero attached hydrogens (tertiary/aromatic N) is 3. The van der Waals surface area contributed by atoms with Crippen molar-refractivity contribution in [2.24, 2.45) is 4.99 Å². The van der Waals surface area contributed by atoms with Crippen molar-refractivity contribution in [3.05, 3.63) is 24.3 Å². The second kappa shape index (κ2) is 2.98. The maximum atomic E-state index is 5.86. The van der Waals surface area contributed by atoms with Crippen LogP contribution in [0.4, 0.5) is 5.95 Å². The molecule has 0 saturated carbocycles. The van der Waals surface area contributed by atoms with Crippen molar-refractivity contribution in [3.8, 4) is 0 Å². The number of para-hydroxylation sites is 2. The van der Waals surface area contributed by atoms with E-state index in [0.717, 1.165) is 30.1 Å². The normalized spacial score (nSPS) is 15.3. The fourth-order valence-corrected chi connectivity index (χ4v) is 1.80. The summed E-state index contributed by atoms with van der Waals surface area (Å²) in [5.74, 6) is 1.27. The van der Waals surface area contributed by atoms with Crippen LogP contribution in [0.15, 0.2) is 29.3 Å². The number of benzene rings is 1. The fourth-order valence-electron chi connectivity index (χ4n) is 1.80. The first-order valence-corrected chi connectivity index (χ1v) is 4.88. The number of fused-ring (bicyclic) bond motifs is 1. The highest BCUT2D eigenvalue weighted by Crippen LogP contribution is 2.17. The highest BCUT2D eigenvalue weighted by atomic mass is 15.3. The number of hydrogen-bond donors (Lipinski definition) is 2. The minimum atomic E-state index is 0.476. The molecule has 0 bridgehead atoms. The Morgan fingerprint density at radius 3 is 3.00 bits per heavy atom. The van der Waals surface area contributed by atoms with Crippen molar-refractivity contribution >= 4 is 22.9 Å². The van der Waals surface area contributed by atoms with Crippen molar-refractivity contribution < 1.29 is 0 Å². The molecule has 0 radical (unpaired) electrons. The van der Waals surface area contributed by atoms with Crippen LogP contribution in [-0.2, 0) is 0 Å². The average molecular weight is 201 g/mol. The highest BCUT2D eigenvalue weighted by Gasteiger charge is 2.14. The Kier molecular flexibility index (Phi) is 1.65. The van der Waals surface area contributed by atoms with Crippen molar-refractivity contribution in [1.82, 2.24) is 14.9 Å². The Morgan fingerprint density at radius 1 is 1.33 bits per heavy atom. The summed E-state index contributed by atoms with van der Waals surface area (Å²) < 4.78 is 1.85. The van der Waals surface area contributed by atoms with E-state index in [1.165, 1.54) is 0 Å². The van der Waals surface area contributed by atoms with E-state index in [-0.39, 0.29) is 0 Å². The molecule has 0 unspecified atom stereocenters. The third-order valence-electron chi connectivity index (χ3n) is 2.46. The molecule has 3 rings (SSSR count). The Labute approximate surface area is 86.6 Å². The first kappa shape index (κ1) is 8.28. The number of anilines is 1. The summed E-state index contributed by atoms with van der Waals surface area (Å²) in [7, 11) is 0. The molecule has 1 aromatic heterocycles. The van der Waals surface area contributed by atoms with E-state index in [2.05, 4.69) is 15.3 Å². The van der Waals surface area contributed by atoms with Crippen LogP contribution in [0.25, 0.3) is 11.0 Å². The van der Waals surface area contributed by atoms with Gasteiger partial charge in [-0.25, -0.2) is 9.55 Å².